The molecule has 14 heteroatoms. The fourth-order valence-corrected chi connectivity index (χ4v) is 9.35. The molecule has 3 aliphatic rings. The van der Waals surface area contributed by atoms with E-state index in [2.05, 4.69) is 40.2 Å². The molecule has 5 atom stereocenters. The first-order valence-electron chi connectivity index (χ1n) is 22.0. The van der Waals surface area contributed by atoms with Crippen LogP contribution in [0.2, 0.25) is 0 Å². The van der Waals surface area contributed by atoms with Gasteiger partial charge in [0.05, 0.1) is 12.1 Å². The number of thioether (sulfide) groups is 2. The molecule has 0 radical (unpaired) electrons. The number of ketones is 4. The van der Waals surface area contributed by atoms with E-state index in [9.17, 15) is 33.6 Å². The first kappa shape index (κ1) is 53.6. The molecule has 0 aromatic heterocycles. The van der Waals surface area contributed by atoms with Crippen LogP contribution in [-0.4, -0.2) is 94.6 Å². The Morgan fingerprint density at radius 1 is 0.719 bits per heavy atom. The summed E-state index contributed by atoms with van der Waals surface area (Å²) < 4.78 is 10.9. The molecule has 0 unspecified atom stereocenters. The molecule has 2 aliphatic heterocycles. The Balaban J connectivity index is 0.000000388. The number of Topliss-reactive ketones (excluding diaryl/α,β-unsaturated/α-hetero) is 2. The Morgan fingerprint density at radius 3 is 1.66 bits per heavy atom. The van der Waals surface area contributed by atoms with Gasteiger partial charge in [-0.25, -0.2) is 9.59 Å². The lowest BCUT2D eigenvalue weighted by atomic mass is 9.98. The van der Waals surface area contributed by atoms with Crippen LogP contribution < -0.4 is 16.0 Å². The molecule has 0 spiro atoms. The van der Waals surface area contributed by atoms with E-state index in [1.807, 2.05) is 52.0 Å². The Kier molecular flexibility index (Phi) is 22.1. The highest BCUT2D eigenvalue weighted by Crippen LogP contribution is 2.44. The van der Waals surface area contributed by atoms with Crippen molar-refractivity contribution in [1.29, 1.82) is 0 Å². The Labute approximate surface area is 388 Å². The van der Waals surface area contributed by atoms with Gasteiger partial charge in [0.25, 0.3) is 0 Å². The molecule has 64 heavy (non-hydrogen) atoms. The van der Waals surface area contributed by atoms with Gasteiger partial charge in [-0.15, -0.1) is 0 Å². The van der Waals surface area contributed by atoms with Gasteiger partial charge in [-0.1, -0.05) is 95.8 Å². The lowest BCUT2D eigenvalue weighted by Gasteiger charge is -2.25. The first-order chi connectivity index (χ1) is 29.9. The van der Waals surface area contributed by atoms with Gasteiger partial charge in [0, 0.05) is 43.1 Å². The molecule has 5 rings (SSSR count). The molecule has 0 fully saturated rings. The van der Waals surface area contributed by atoms with E-state index in [4.69, 9.17) is 9.47 Å². The molecule has 12 nitrogen and oxygen atoms in total. The monoisotopic (exact) mass is 919 g/mol. The van der Waals surface area contributed by atoms with E-state index in [1.54, 1.807) is 68.6 Å². The van der Waals surface area contributed by atoms with Crippen molar-refractivity contribution in [2.24, 2.45) is 17.8 Å². The number of nitrogens with one attached hydrogen (secondary N) is 3. The van der Waals surface area contributed by atoms with Crippen molar-refractivity contribution in [3.63, 3.8) is 0 Å². The molecular weight excluding hydrogens is 851 g/mol. The van der Waals surface area contributed by atoms with Gasteiger partial charge in [0.1, 0.15) is 18.2 Å². The van der Waals surface area contributed by atoms with Crippen LogP contribution in [0.1, 0.15) is 111 Å². The zero-order valence-corrected chi connectivity index (χ0v) is 39.4. The maximum Gasteiger partial charge on any atom is 0.408 e. The van der Waals surface area contributed by atoms with Crippen LogP contribution >= 0.6 is 23.5 Å². The van der Waals surface area contributed by atoms with E-state index in [0.717, 1.165) is 46.6 Å². The quantitative estimate of drug-likeness (QED) is 0.242. The summed E-state index contributed by atoms with van der Waals surface area (Å²) >= 11 is 3.12. The predicted molar refractivity (Wildman–Crippen MR) is 258 cm³/mol. The minimum absolute atomic E-state index is 0. The number of alkyl carbamates (subject to hydrolysis) is 2. The van der Waals surface area contributed by atoms with Crippen LogP contribution in [-0.2, 0) is 33.4 Å². The van der Waals surface area contributed by atoms with Gasteiger partial charge in [-0.2, -0.15) is 23.5 Å². The van der Waals surface area contributed by atoms with Crippen LogP contribution in [0.5, 0.6) is 0 Å². The SMILES string of the molecule is C.CC(C)[C@H](NC(=O)OCC1c2ccccc2-c2ccccc21)C(=O)N[C@H]1CSCCCC(=O)/C=C/[C@H](C)CC1=O.C[C@H]1/C=C/C(=O)CCCSC[C@H](NC(=O)OC(C)(C)C)C(=O)C1. The van der Waals surface area contributed by atoms with Crippen LogP contribution in [0.25, 0.3) is 11.1 Å². The lowest BCUT2D eigenvalue weighted by Crippen LogP contribution is -2.54. The third-order valence-electron chi connectivity index (χ3n) is 10.6. The van der Waals surface area contributed by atoms with Crippen molar-refractivity contribution in [2.45, 2.75) is 124 Å². The van der Waals surface area contributed by atoms with Gasteiger partial charge in [0.15, 0.2) is 23.1 Å². The summed E-state index contributed by atoms with van der Waals surface area (Å²) in [5.74, 6) is 1.64. The molecule has 2 aromatic carbocycles. The highest BCUT2D eigenvalue weighted by atomic mass is 32.2. The van der Waals surface area contributed by atoms with Crippen molar-refractivity contribution >= 4 is 64.8 Å². The summed E-state index contributed by atoms with van der Waals surface area (Å²) in [5.41, 5.74) is 3.91. The van der Waals surface area contributed by atoms with Crippen LogP contribution in [0, 0.1) is 17.8 Å². The minimum Gasteiger partial charge on any atom is -0.449 e. The van der Waals surface area contributed by atoms with E-state index in [0.29, 0.717) is 30.8 Å². The first-order valence-corrected chi connectivity index (χ1v) is 24.3. The second-order valence-electron chi connectivity index (χ2n) is 17.8. The number of carbonyl (C=O) groups excluding carboxylic acids is 7. The van der Waals surface area contributed by atoms with Gasteiger partial charge in [0.2, 0.25) is 5.91 Å². The second-order valence-corrected chi connectivity index (χ2v) is 20.1. The van der Waals surface area contributed by atoms with Crippen molar-refractivity contribution in [3.8, 4) is 11.1 Å². The molecule has 3 amide bonds. The zero-order chi connectivity index (χ0) is 46.1. The van der Waals surface area contributed by atoms with E-state index in [-0.39, 0.29) is 67.3 Å². The maximum absolute atomic E-state index is 13.3. The zero-order valence-electron chi connectivity index (χ0n) is 37.7. The highest BCUT2D eigenvalue weighted by Gasteiger charge is 2.32. The molecule has 0 saturated carbocycles. The summed E-state index contributed by atoms with van der Waals surface area (Å²) in [7, 11) is 0. The summed E-state index contributed by atoms with van der Waals surface area (Å²) in [6.07, 6.45) is 8.45. The molecule has 1 aliphatic carbocycles. The van der Waals surface area contributed by atoms with Crippen LogP contribution in [0.3, 0.4) is 0 Å². The molecule has 3 N–H and O–H groups in total. The number of rotatable bonds is 7. The maximum atomic E-state index is 13.3. The molecule has 0 saturated heterocycles. The Morgan fingerprint density at radius 2 is 1.19 bits per heavy atom. The summed E-state index contributed by atoms with van der Waals surface area (Å²) in [6.45, 7) is 13.0. The highest BCUT2D eigenvalue weighted by molar-refractivity contribution is 7.99. The third-order valence-corrected chi connectivity index (χ3v) is 12.9. The topological polar surface area (TPSA) is 174 Å². The largest absolute Gasteiger partial charge is 0.449 e. The van der Waals surface area contributed by atoms with Gasteiger partial charge in [-0.05, 0) is 97.3 Å². The van der Waals surface area contributed by atoms with Gasteiger partial charge >= 0.3 is 12.2 Å². The van der Waals surface area contributed by atoms with Crippen LogP contribution in [0.4, 0.5) is 9.59 Å². The number of ether oxygens (including phenoxy) is 2. The van der Waals surface area contributed by atoms with Crippen molar-refractivity contribution in [1.82, 2.24) is 16.0 Å². The molecule has 2 heterocycles. The average Bonchev–Trinajstić information content (AvgIpc) is 3.54. The van der Waals surface area contributed by atoms with Crippen molar-refractivity contribution in [2.75, 3.05) is 29.6 Å². The number of hydrogen-bond donors (Lipinski definition) is 3. The van der Waals surface area contributed by atoms with Gasteiger partial charge in [-0.3, -0.25) is 24.0 Å². The smallest absolute Gasteiger partial charge is 0.408 e. The summed E-state index contributed by atoms with van der Waals surface area (Å²) in [6, 6.07) is 14.1. The third kappa shape index (κ3) is 17.7. The molecule has 0 bridgehead atoms. The second kappa shape index (κ2) is 26.3. The van der Waals surface area contributed by atoms with Crippen LogP contribution in [0.15, 0.2) is 72.8 Å². The van der Waals surface area contributed by atoms with Crippen molar-refractivity contribution < 1.29 is 43.0 Å². The molecular formula is C50H69N3O9S2. The Hall–Kier alpha value is -4.69. The fourth-order valence-electron chi connectivity index (χ4n) is 7.31. The number of hydrogen-bond acceptors (Lipinski definition) is 11. The standard InChI is InChI=1S/C32H38N2O5S.C17H27NO4S.CH4/c1-20(2)30(31(37)33-28-19-40-16-8-9-22(35)15-14-21(3)17-29(28)36)34-32(38)39-18-27-25-12-6-4-10-23(25)24-11-5-7-13-26(24)27;1-12-7-8-13(19)6-5-9-23-11-14(15(20)10-12)18-16(21)22-17(2,3)4;/h4-7,10-15,20-21,27-28,30H,8-9,16-19H2,1-3H3,(H,33,37)(H,34,38);7-8,12,14H,5-6,9-11H2,1-4H3,(H,18,21);1H4/b15-14+;8-7+;/t21-,28-,30-;12-,14-;/m00./s1. The number of fused-ring (bicyclic) bond motifs is 3. The average molecular weight is 920 g/mol. The number of carbonyl (C=O) groups is 7. The Bertz CT molecular complexity index is 1950. The van der Waals surface area contributed by atoms with Gasteiger partial charge < -0.3 is 25.4 Å². The summed E-state index contributed by atoms with van der Waals surface area (Å²) in [4.78, 5) is 87.2. The minimum atomic E-state index is -0.857. The fraction of sp³-hybridized carbons (Fsp3) is 0.540. The molecule has 350 valence electrons. The summed E-state index contributed by atoms with van der Waals surface area (Å²) in [5, 5.41) is 8.31. The normalized spacial score (nSPS) is 22.7. The van der Waals surface area contributed by atoms with E-state index < -0.39 is 41.8 Å². The number of benzene rings is 2. The van der Waals surface area contributed by atoms with E-state index >= 15 is 0 Å². The van der Waals surface area contributed by atoms with E-state index in [1.165, 1.54) is 0 Å². The van der Waals surface area contributed by atoms with Crippen molar-refractivity contribution in [3.05, 3.63) is 84.0 Å². The number of amides is 3. The lowest BCUT2D eigenvalue weighted by molar-refractivity contribution is -0.129. The predicted octanol–water partition coefficient (Wildman–Crippen LogP) is 9.05. The molecule has 2 aromatic rings. The number of allylic oxidation sites excluding steroid dienone is 4.